The highest BCUT2D eigenvalue weighted by atomic mass is 19.1. The number of aromatic nitrogens is 1. The molecule has 1 aromatic heterocycles. The second-order valence-electron chi connectivity index (χ2n) is 5.33. The maximum absolute atomic E-state index is 12.9. The summed E-state index contributed by atoms with van der Waals surface area (Å²) in [5, 5.41) is 4.08. The monoisotopic (exact) mass is 274 g/mol. The van der Waals surface area contributed by atoms with Crippen LogP contribution in [0.4, 0.5) is 4.39 Å². The van der Waals surface area contributed by atoms with Crippen LogP contribution < -0.4 is 0 Å². The minimum Gasteiger partial charge on any atom is -0.359 e. The van der Waals surface area contributed by atoms with Gasteiger partial charge in [-0.3, -0.25) is 4.90 Å². The fourth-order valence-corrected chi connectivity index (χ4v) is 2.81. The number of benzene rings is 1. The van der Waals surface area contributed by atoms with Gasteiger partial charge in [0.15, 0.2) is 5.76 Å². The Morgan fingerprint density at radius 1 is 1.35 bits per heavy atom. The Morgan fingerprint density at radius 3 is 2.85 bits per heavy atom. The predicted molar refractivity (Wildman–Crippen MR) is 74.7 cm³/mol. The van der Waals surface area contributed by atoms with Crippen molar-refractivity contribution in [3.63, 3.8) is 0 Å². The summed E-state index contributed by atoms with van der Waals surface area (Å²) in [5.41, 5.74) is 2.14. The van der Waals surface area contributed by atoms with Gasteiger partial charge in [-0.15, -0.1) is 0 Å². The van der Waals surface area contributed by atoms with Gasteiger partial charge in [-0.1, -0.05) is 24.2 Å². The SMILES string of the molecule is CCc1cc([C@H]2CCCN2Cc2ccc(F)cc2)on1. The Balaban J connectivity index is 1.73. The smallest absolute Gasteiger partial charge is 0.154 e. The molecular formula is C16H19FN2O. The van der Waals surface area contributed by atoms with Crippen LogP contribution >= 0.6 is 0 Å². The van der Waals surface area contributed by atoms with Gasteiger partial charge in [0, 0.05) is 12.6 Å². The van der Waals surface area contributed by atoms with Crippen LogP contribution in [0.15, 0.2) is 34.9 Å². The van der Waals surface area contributed by atoms with E-state index in [0.717, 1.165) is 49.4 Å². The zero-order valence-electron chi connectivity index (χ0n) is 11.7. The molecule has 0 saturated carbocycles. The lowest BCUT2D eigenvalue weighted by Crippen LogP contribution is -2.22. The van der Waals surface area contributed by atoms with Crippen molar-refractivity contribution >= 4 is 0 Å². The highest BCUT2D eigenvalue weighted by Crippen LogP contribution is 2.33. The van der Waals surface area contributed by atoms with Gasteiger partial charge in [0.1, 0.15) is 5.82 Å². The zero-order valence-corrected chi connectivity index (χ0v) is 11.7. The van der Waals surface area contributed by atoms with E-state index in [4.69, 9.17) is 4.52 Å². The van der Waals surface area contributed by atoms with Gasteiger partial charge < -0.3 is 4.52 Å². The van der Waals surface area contributed by atoms with Gasteiger partial charge in [-0.2, -0.15) is 0 Å². The van der Waals surface area contributed by atoms with Crippen LogP contribution in [-0.2, 0) is 13.0 Å². The first kappa shape index (κ1) is 13.3. The van der Waals surface area contributed by atoms with E-state index in [-0.39, 0.29) is 5.82 Å². The molecule has 1 fully saturated rings. The second-order valence-corrected chi connectivity index (χ2v) is 5.33. The minimum atomic E-state index is -0.186. The molecule has 106 valence electrons. The molecule has 0 aliphatic carbocycles. The van der Waals surface area contributed by atoms with Gasteiger partial charge >= 0.3 is 0 Å². The third-order valence-electron chi connectivity index (χ3n) is 3.93. The molecule has 0 bridgehead atoms. The van der Waals surface area contributed by atoms with Crippen LogP contribution in [0.5, 0.6) is 0 Å². The van der Waals surface area contributed by atoms with Crippen LogP contribution in [-0.4, -0.2) is 16.6 Å². The van der Waals surface area contributed by atoms with Gasteiger partial charge in [0.05, 0.1) is 11.7 Å². The molecule has 3 rings (SSSR count). The molecule has 1 aromatic carbocycles. The molecular weight excluding hydrogens is 255 g/mol. The molecule has 0 N–H and O–H groups in total. The summed E-state index contributed by atoms with van der Waals surface area (Å²) in [6, 6.07) is 9.10. The molecule has 1 aliphatic heterocycles. The average molecular weight is 274 g/mol. The van der Waals surface area contributed by atoms with Crippen molar-refractivity contribution in [1.82, 2.24) is 10.1 Å². The minimum absolute atomic E-state index is 0.186. The van der Waals surface area contributed by atoms with Crippen LogP contribution in [0, 0.1) is 5.82 Å². The quantitative estimate of drug-likeness (QED) is 0.851. The molecule has 4 heteroatoms. The highest BCUT2D eigenvalue weighted by Gasteiger charge is 2.29. The molecule has 20 heavy (non-hydrogen) atoms. The maximum atomic E-state index is 12.9. The number of hydrogen-bond donors (Lipinski definition) is 0. The molecule has 0 radical (unpaired) electrons. The second kappa shape index (κ2) is 5.75. The van der Waals surface area contributed by atoms with Crippen LogP contribution in [0.1, 0.15) is 42.8 Å². The highest BCUT2D eigenvalue weighted by molar-refractivity contribution is 5.17. The largest absolute Gasteiger partial charge is 0.359 e. The Bertz CT molecular complexity index is 564. The molecule has 1 saturated heterocycles. The summed E-state index contributed by atoms with van der Waals surface area (Å²) >= 11 is 0. The van der Waals surface area contributed by atoms with E-state index >= 15 is 0 Å². The molecule has 1 atom stereocenters. The third-order valence-corrected chi connectivity index (χ3v) is 3.93. The topological polar surface area (TPSA) is 29.3 Å². The lowest BCUT2D eigenvalue weighted by Gasteiger charge is -2.22. The Labute approximate surface area is 118 Å². The first-order valence-electron chi connectivity index (χ1n) is 7.20. The number of nitrogens with zero attached hydrogens (tertiary/aromatic N) is 2. The molecule has 0 spiro atoms. The van der Waals surface area contributed by atoms with Gasteiger partial charge in [-0.05, 0) is 43.5 Å². The molecule has 3 nitrogen and oxygen atoms in total. The van der Waals surface area contributed by atoms with Gasteiger partial charge in [0.25, 0.3) is 0 Å². The first-order chi connectivity index (χ1) is 9.76. The van der Waals surface area contributed by atoms with Crippen molar-refractivity contribution in [2.75, 3.05) is 6.54 Å². The summed E-state index contributed by atoms with van der Waals surface area (Å²) in [5.74, 6) is 0.774. The van der Waals surface area contributed by atoms with Crippen molar-refractivity contribution < 1.29 is 8.91 Å². The fourth-order valence-electron chi connectivity index (χ4n) is 2.81. The number of rotatable bonds is 4. The maximum Gasteiger partial charge on any atom is 0.154 e. The van der Waals surface area contributed by atoms with E-state index in [2.05, 4.69) is 23.0 Å². The zero-order chi connectivity index (χ0) is 13.9. The fraction of sp³-hybridized carbons (Fsp3) is 0.438. The lowest BCUT2D eigenvalue weighted by atomic mass is 10.1. The molecule has 2 aromatic rings. The van der Waals surface area contributed by atoms with E-state index in [9.17, 15) is 4.39 Å². The molecule has 1 aliphatic rings. The molecule has 0 unspecified atom stereocenters. The van der Waals surface area contributed by atoms with Crippen molar-refractivity contribution in [3.05, 3.63) is 53.2 Å². The Morgan fingerprint density at radius 2 is 2.15 bits per heavy atom. The molecule has 2 heterocycles. The van der Waals surface area contributed by atoms with Crippen molar-refractivity contribution in [2.24, 2.45) is 0 Å². The summed E-state index contributed by atoms with van der Waals surface area (Å²) in [6.07, 6.45) is 3.15. The summed E-state index contributed by atoms with van der Waals surface area (Å²) in [7, 11) is 0. The van der Waals surface area contributed by atoms with E-state index < -0.39 is 0 Å². The number of aryl methyl sites for hydroxylation is 1. The van der Waals surface area contributed by atoms with Crippen molar-refractivity contribution in [3.8, 4) is 0 Å². The predicted octanol–water partition coefficient (Wildman–Crippen LogP) is 3.71. The van der Waals surface area contributed by atoms with Gasteiger partial charge in [-0.25, -0.2) is 4.39 Å². The Hall–Kier alpha value is -1.68. The average Bonchev–Trinajstić information content (AvgIpc) is 3.09. The number of hydrogen-bond acceptors (Lipinski definition) is 3. The van der Waals surface area contributed by atoms with Crippen LogP contribution in [0.2, 0.25) is 0 Å². The van der Waals surface area contributed by atoms with Crippen molar-refractivity contribution in [1.29, 1.82) is 0 Å². The summed E-state index contributed by atoms with van der Waals surface area (Å²) < 4.78 is 18.4. The normalized spacial score (nSPS) is 19.6. The van der Waals surface area contributed by atoms with E-state index in [1.807, 2.05) is 12.1 Å². The Kier molecular flexibility index (Phi) is 3.83. The van der Waals surface area contributed by atoms with Crippen molar-refractivity contribution in [2.45, 2.75) is 38.8 Å². The first-order valence-corrected chi connectivity index (χ1v) is 7.20. The number of halogens is 1. The molecule has 0 amide bonds. The van der Waals surface area contributed by atoms with Crippen LogP contribution in [0.3, 0.4) is 0 Å². The third kappa shape index (κ3) is 2.75. The van der Waals surface area contributed by atoms with Gasteiger partial charge in [0.2, 0.25) is 0 Å². The number of likely N-dealkylation sites (tertiary alicyclic amines) is 1. The summed E-state index contributed by atoms with van der Waals surface area (Å²) in [6.45, 7) is 3.95. The van der Waals surface area contributed by atoms with E-state index in [0.29, 0.717) is 6.04 Å². The van der Waals surface area contributed by atoms with Crippen LogP contribution in [0.25, 0.3) is 0 Å². The van der Waals surface area contributed by atoms with E-state index in [1.165, 1.54) is 12.1 Å². The van der Waals surface area contributed by atoms with E-state index in [1.54, 1.807) is 0 Å². The summed E-state index contributed by atoms with van der Waals surface area (Å²) in [4.78, 5) is 2.38. The standard InChI is InChI=1S/C16H19FN2O/c1-2-14-10-16(20-18-14)15-4-3-9-19(15)11-12-5-7-13(17)8-6-12/h5-8,10,15H,2-4,9,11H2,1H3/t15-/m1/s1. The lowest BCUT2D eigenvalue weighted by molar-refractivity contribution is 0.206.